The van der Waals surface area contributed by atoms with E-state index in [1.165, 1.54) is 4.31 Å². The Morgan fingerprint density at radius 3 is 2.26 bits per heavy atom. The van der Waals surface area contributed by atoms with Gasteiger partial charge < -0.3 is 14.8 Å². The molecule has 0 heterocycles. The third-order valence-electron chi connectivity index (χ3n) is 3.74. The summed E-state index contributed by atoms with van der Waals surface area (Å²) in [5.41, 5.74) is 0.538. The number of carbonyl (C=O) groups excluding carboxylic acids is 1. The fourth-order valence-electron chi connectivity index (χ4n) is 2.40. The van der Waals surface area contributed by atoms with E-state index < -0.39 is 10.0 Å². The standard InChI is InChI=1S/C19H24N2O5S/c1-25-17-8-10-18(11-9-17)26-15-13-20-19(22)12-14-21(27(2,23)24)16-6-4-3-5-7-16/h3-11H,12-15H2,1-2H3,(H,20,22). The quantitative estimate of drug-likeness (QED) is 0.626. The van der Waals surface area contributed by atoms with E-state index in [1.54, 1.807) is 61.7 Å². The lowest BCUT2D eigenvalue weighted by Gasteiger charge is -2.22. The summed E-state index contributed by atoms with van der Waals surface area (Å²) >= 11 is 0. The fourth-order valence-corrected chi connectivity index (χ4v) is 3.33. The maximum absolute atomic E-state index is 12.0. The Kier molecular flexibility index (Phi) is 7.48. The van der Waals surface area contributed by atoms with Gasteiger partial charge in [-0.25, -0.2) is 8.42 Å². The van der Waals surface area contributed by atoms with Crippen LogP contribution < -0.4 is 19.1 Å². The highest BCUT2D eigenvalue weighted by Crippen LogP contribution is 2.17. The van der Waals surface area contributed by atoms with Crippen molar-refractivity contribution in [3.05, 3.63) is 54.6 Å². The van der Waals surface area contributed by atoms with Crippen LogP contribution in [0.3, 0.4) is 0 Å². The number of para-hydroxylation sites is 1. The van der Waals surface area contributed by atoms with Crippen LogP contribution in [-0.4, -0.2) is 47.4 Å². The van der Waals surface area contributed by atoms with Crippen molar-refractivity contribution >= 4 is 21.6 Å². The first-order valence-electron chi connectivity index (χ1n) is 8.46. The summed E-state index contributed by atoms with van der Waals surface area (Å²) in [5.74, 6) is 1.18. The van der Waals surface area contributed by atoms with Crippen molar-refractivity contribution in [1.29, 1.82) is 0 Å². The summed E-state index contributed by atoms with van der Waals surface area (Å²) < 4.78 is 35.8. The molecule has 0 bridgehead atoms. The maximum atomic E-state index is 12.0. The van der Waals surface area contributed by atoms with Gasteiger partial charge in [0.25, 0.3) is 0 Å². The van der Waals surface area contributed by atoms with Gasteiger partial charge in [0.1, 0.15) is 18.1 Å². The molecule has 8 heteroatoms. The van der Waals surface area contributed by atoms with Crippen molar-refractivity contribution in [3.8, 4) is 11.5 Å². The fraction of sp³-hybridized carbons (Fsp3) is 0.316. The molecule has 0 spiro atoms. The number of methoxy groups -OCH3 is 1. The van der Waals surface area contributed by atoms with Crippen LogP contribution in [-0.2, 0) is 14.8 Å². The normalized spacial score (nSPS) is 10.9. The molecule has 0 unspecified atom stereocenters. The van der Waals surface area contributed by atoms with E-state index in [0.29, 0.717) is 24.6 Å². The number of benzene rings is 2. The molecule has 0 fully saturated rings. The molecule has 1 amide bonds. The Labute approximate surface area is 160 Å². The molecule has 0 aliphatic heterocycles. The molecule has 0 radical (unpaired) electrons. The average molecular weight is 392 g/mol. The number of sulfonamides is 1. The number of hydrogen-bond donors (Lipinski definition) is 1. The van der Waals surface area contributed by atoms with Crippen LogP contribution in [0.1, 0.15) is 6.42 Å². The Morgan fingerprint density at radius 2 is 1.67 bits per heavy atom. The van der Waals surface area contributed by atoms with E-state index in [1.807, 2.05) is 0 Å². The Bertz CT molecular complexity index is 823. The number of nitrogens with one attached hydrogen (secondary N) is 1. The molecule has 1 N–H and O–H groups in total. The SMILES string of the molecule is COc1ccc(OCCNC(=O)CCN(c2ccccc2)S(C)(=O)=O)cc1. The lowest BCUT2D eigenvalue weighted by molar-refractivity contribution is -0.120. The van der Waals surface area contributed by atoms with Gasteiger partial charge in [-0.05, 0) is 36.4 Å². The number of hydrogen-bond acceptors (Lipinski definition) is 5. The zero-order valence-electron chi connectivity index (χ0n) is 15.4. The molecule has 0 aliphatic rings. The first kappa shape index (κ1) is 20.6. The predicted molar refractivity (Wildman–Crippen MR) is 105 cm³/mol. The second-order valence-corrected chi connectivity index (χ2v) is 7.70. The zero-order chi connectivity index (χ0) is 19.7. The van der Waals surface area contributed by atoms with Crippen LogP contribution in [0.4, 0.5) is 5.69 Å². The highest BCUT2D eigenvalue weighted by Gasteiger charge is 2.18. The van der Waals surface area contributed by atoms with Crippen molar-refractivity contribution in [2.24, 2.45) is 0 Å². The predicted octanol–water partition coefficient (Wildman–Crippen LogP) is 2.05. The minimum absolute atomic E-state index is 0.0600. The van der Waals surface area contributed by atoms with Crippen LogP contribution in [0.2, 0.25) is 0 Å². The summed E-state index contributed by atoms with van der Waals surface area (Å²) in [6.45, 7) is 0.718. The lowest BCUT2D eigenvalue weighted by atomic mass is 10.3. The molecule has 2 rings (SSSR count). The summed E-state index contributed by atoms with van der Waals surface area (Å²) in [5, 5.41) is 2.72. The van der Waals surface area contributed by atoms with Crippen molar-refractivity contribution < 1.29 is 22.7 Å². The summed E-state index contributed by atoms with van der Waals surface area (Å²) in [4.78, 5) is 12.0. The largest absolute Gasteiger partial charge is 0.497 e. The molecule has 7 nitrogen and oxygen atoms in total. The van der Waals surface area contributed by atoms with Crippen LogP contribution in [0.25, 0.3) is 0 Å². The van der Waals surface area contributed by atoms with E-state index in [2.05, 4.69) is 5.32 Å². The van der Waals surface area contributed by atoms with Gasteiger partial charge in [0, 0.05) is 13.0 Å². The Morgan fingerprint density at radius 1 is 1.04 bits per heavy atom. The van der Waals surface area contributed by atoms with Crippen LogP contribution in [0, 0.1) is 0 Å². The highest BCUT2D eigenvalue weighted by atomic mass is 32.2. The van der Waals surface area contributed by atoms with Crippen molar-refractivity contribution in [2.45, 2.75) is 6.42 Å². The minimum Gasteiger partial charge on any atom is -0.497 e. The third-order valence-corrected chi connectivity index (χ3v) is 4.93. The van der Waals surface area contributed by atoms with Crippen molar-refractivity contribution in [1.82, 2.24) is 5.32 Å². The monoisotopic (exact) mass is 392 g/mol. The van der Waals surface area contributed by atoms with Gasteiger partial charge in [-0.3, -0.25) is 9.10 Å². The van der Waals surface area contributed by atoms with Gasteiger partial charge in [0.05, 0.1) is 25.6 Å². The second kappa shape index (κ2) is 9.82. The first-order chi connectivity index (χ1) is 12.9. The highest BCUT2D eigenvalue weighted by molar-refractivity contribution is 7.92. The Hall–Kier alpha value is -2.74. The van der Waals surface area contributed by atoms with Gasteiger partial charge in [-0.2, -0.15) is 0 Å². The van der Waals surface area contributed by atoms with E-state index in [4.69, 9.17) is 9.47 Å². The van der Waals surface area contributed by atoms with E-state index in [0.717, 1.165) is 12.0 Å². The molecule has 0 saturated carbocycles. The number of nitrogens with zero attached hydrogens (tertiary/aromatic N) is 1. The molecule has 2 aromatic carbocycles. The lowest BCUT2D eigenvalue weighted by Crippen LogP contribution is -2.35. The molecule has 27 heavy (non-hydrogen) atoms. The van der Waals surface area contributed by atoms with Gasteiger partial charge in [-0.15, -0.1) is 0 Å². The number of amides is 1. The molecular weight excluding hydrogens is 368 g/mol. The van der Waals surface area contributed by atoms with E-state index >= 15 is 0 Å². The average Bonchev–Trinajstić information content (AvgIpc) is 2.65. The molecule has 0 atom stereocenters. The van der Waals surface area contributed by atoms with Crippen LogP contribution >= 0.6 is 0 Å². The minimum atomic E-state index is -3.46. The van der Waals surface area contributed by atoms with E-state index in [9.17, 15) is 13.2 Å². The maximum Gasteiger partial charge on any atom is 0.232 e. The molecule has 146 valence electrons. The summed E-state index contributed by atoms with van der Waals surface area (Å²) in [6, 6.07) is 15.8. The molecule has 0 saturated heterocycles. The molecular formula is C19H24N2O5S. The van der Waals surface area contributed by atoms with Gasteiger partial charge in [-0.1, -0.05) is 18.2 Å². The van der Waals surface area contributed by atoms with Crippen LogP contribution in [0.15, 0.2) is 54.6 Å². The summed E-state index contributed by atoms with van der Waals surface area (Å²) in [6.07, 6.45) is 1.19. The number of ether oxygens (including phenoxy) is 2. The van der Waals surface area contributed by atoms with Gasteiger partial charge in [0.2, 0.25) is 15.9 Å². The molecule has 0 aromatic heterocycles. The topological polar surface area (TPSA) is 84.9 Å². The second-order valence-electron chi connectivity index (χ2n) is 5.79. The van der Waals surface area contributed by atoms with E-state index in [-0.39, 0.29) is 18.9 Å². The van der Waals surface area contributed by atoms with Gasteiger partial charge in [0.15, 0.2) is 0 Å². The molecule has 0 aliphatic carbocycles. The third kappa shape index (κ3) is 6.82. The molecule has 2 aromatic rings. The van der Waals surface area contributed by atoms with Gasteiger partial charge >= 0.3 is 0 Å². The summed E-state index contributed by atoms with van der Waals surface area (Å²) in [7, 11) is -1.87. The van der Waals surface area contributed by atoms with Crippen LogP contribution in [0.5, 0.6) is 11.5 Å². The van der Waals surface area contributed by atoms with Crippen molar-refractivity contribution in [3.63, 3.8) is 0 Å². The smallest absolute Gasteiger partial charge is 0.232 e. The van der Waals surface area contributed by atoms with Crippen molar-refractivity contribution in [2.75, 3.05) is 37.4 Å². The Balaban J connectivity index is 1.75. The number of carbonyl (C=O) groups is 1. The first-order valence-corrected chi connectivity index (χ1v) is 10.3. The zero-order valence-corrected chi connectivity index (χ0v) is 16.2. The number of rotatable bonds is 10. The number of anilines is 1.